The van der Waals surface area contributed by atoms with Gasteiger partial charge < -0.3 is 5.32 Å². The van der Waals surface area contributed by atoms with Crippen molar-refractivity contribution in [2.75, 3.05) is 12.4 Å². The molecule has 19 heavy (non-hydrogen) atoms. The molecule has 0 spiro atoms. The van der Waals surface area contributed by atoms with E-state index in [-0.39, 0.29) is 0 Å². The van der Waals surface area contributed by atoms with E-state index in [4.69, 9.17) is 4.98 Å². The molecule has 0 bridgehead atoms. The third-order valence-electron chi connectivity index (χ3n) is 2.53. The molecule has 3 nitrogen and oxygen atoms in total. The van der Waals surface area contributed by atoms with Crippen LogP contribution in [0.5, 0.6) is 0 Å². The Morgan fingerprint density at radius 3 is 2.47 bits per heavy atom. The molecule has 2 rings (SSSR count). The third-order valence-corrected chi connectivity index (χ3v) is 6.84. The second kappa shape index (κ2) is 6.36. The Balaban J connectivity index is 2.60. The van der Waals surface area contributed by atoms with E-state index in [1.54, 1.807) is 11.3 Å². The number of hydrogen-bond donors (Lipinski definition) is 1. The molecule has 0 atom stereocenters. The molecule has 0 unspecified atom stereocenters. The van der Waals surface area contributed by atoms with Crippen molar-refractivity contribution >= 4 is 71.6 Å². The third kappa shape index (κ3) is 3.30. The van der Waals surface area contributed by atoms with Crippen molar-refractivity contribution in [3.63, 3.8) is 0 Å². The van der Waals surface area contributed by atoms with Crippen molar-refractivity contribution in [3.05, 3.63) is 23.6 Å². The minimum atomic E-state index is 0.368. The molecule has 2 heterocycles. The SMILES string of the molecule is CNc1nc(-c2cc(Br)c(Br)s2)nc(C(C)C)c1I. The van der Waals surface area contributed by atoms with Gasteiger partial charge in [-0.2, -0.15) is 0 Å². The lowest BCUT2D eigenvalue weighted by molar-refractivity contribution is 0.810. The molecule has 0 amide bonds. The Bertz CT molecular complexity index is 594. The van der Waals surface area contributed by atoms with Crippen molar-refractivity contribution in [1.29, 1.82) is 0 Å². The van der Waals surface area contributed by atoms with Crippen LogP contribution in [0.4, 0.5) is 5.82 Å². The predicted molar refractivity (Wildman–Crippen MR) is 97.1 cm³/mol. The summed E-state index contributed by atoms with van der Waals surface area (Å²) in [6.07, 6.45) is 0. The van der Waals surface area contributed by atoms with Gasteiger partial charge in [0.25, 0.3) is 0 Å². The normalized spacial score (nSPS) is 11.1. The topological polar surface area (TPSA) is 37.8 Å². The maximum Gasteiger partial charge on any atom is 0.172 e. The summed E-state index contributed by atoms with van der Waals surface area (Å²) in [4.78, 5) is 10.4. The number of rotatable bonds is 3. The number of hydrogen-bond acceptors (Lipinski definition) is 4. The van der Waals surface area contributed by atoms with Crippen LogP contribution in [-0.2, 0) is 0 Å². The van der Waals surface area contributed by atoms with Gasteiger partial charge in [0, 0.05) is 11.5 Å². The van der Waals surface area contributed by atoms with Crippen LogP contribution in [0.25, 0.3) is 10.7 Å². The van der Waals surface area contributed by atoms with Crippen molar-refractivity contribution in [2.45, 2.75) is 19.8 Å². The first-order chi connectivity index (χ1) is 8.93. The summed E-state index contributed by atoms with van der Waals surface area (Å²) in [6, 6.07) is 2.04. The van der Waals surface area contributed by atoms with Gasteiger partial charge in [0.15, 0.2) is 5.82 Å². The highest BCUT2D eigenvalue weighted by molar-refractivity contribution is 14.1. The number of nitrogens with one attached hydrogen (secondary N) is 1. The summed E-state index contributed by atoms with van der Waals surface area (Å²) in [6.45, 7) is 4.29. The molecule has 1 N–H and O–H groups in total. The van der Waals surface area contributed by atoms with Crippen molar-refractivity contribution < 1.29 is 0 Å². The molecule has 0 radical (unpaired) electrons. The van der Waals surface area contributed by atoms with E-state index in [9.17, 15) is 0 Å². The van der Waals surface area contributed by atoms with E-state index in [1.165, 1.54) is 0 Å². The standard InChI is InChI=1S/C12H12Br2IN3S/c1-5(2)9-8(15)12(16-3)18-11(17-9)7-4-6(13)10(14)19-7/h4-5H,1-3H3,(H,16,17,18). The van der Waals surface area contributed by atoms with E-state index < -0.39 is 0 Å². The fourth-order valence-corrected chi connectivity index (χ4v) is 4.68. The molecular weight excluding hydrogens is 505 g/mol. The van der Waals surface area contributed by atoms with E-state index >= 15 is 0 Å². The van der Waals surface area contributed by atoms with Crippen molar-refractivity contribution in [3.8, 4) is 10.7 Å². The number of thiophene rings is 1. The average molecular weight is 517 g/mol. The van der Waals surface area contributed by atoms with Crippen LogP contribution >= 0.6 is 65.8 Å². The van der Waals surface area contributed by atoms with Crippen LogP contribution in [0.3, 0.4) is 0 Å². The zero-order valence-corrected chi connectivity index (χ0v) is 16.7. The molecule has 0 aliphatic rings. The van der Waals surface area contributed by atoms with Gasteiger partial charge in [-0.25, -0.2) is 9.97 Å². The molecule has 0 saturated carbocycles. The number of aromatic nitrogens is 2. The van der Waals surface area contributed by atoms with E-state index in [0.29, 0.717) is 5.92 Å². The van der Waals surface area contributed by atoms with Crippen molar-refractivity contribution in [2.24, 2.45) is 0 Å². The van der Waals surface area contributed by atoms with Crippen LogP contribution in [0.1, 0.15) is 25.5 Å². The summed E-state index contributed by atoms with van der Waals surface area (Å²) >= 11 is 10.9. The number of halogens is 3. The maximum absolute atomic E-state index is 4.72. The van der Waals surface area contributed by atoms with Gasteiger partial charge in [-0.15, -0.1) is 11.3 Å². The van der Waals surface area contributed by atoms with Crippen molar-refractivity contribution in [1.82, 2.24) is 9.97 Å². The van der Waals surface area contributed by atoms with Gasteiger partial charge in [-0.3, -0.25) is 0 Å². The van der Waals surface area contributed by atoms with Gasteiger partial charge in [0.2, 0.25) is 0 Å². The zero-order chi connectivity index (χ0) is 14.2. The van der Waals surface area contributed by atoms with Gasteiger partial charge in [-0.1, -0.05) is 13.8 Å². The molecule has 0 aliphatic carbocycles. The van der Waals surface area contributed by atoms with Gasteiger partial charge in [-0.05, 0) is 66.4 Å². The fraction of sp³-hybridized carbons (Fsp3) is 0.333. The quantitative estimate of drug-likeness (QED) is 0.547. The summed E-state index contributed by atoms with van der Waals surface area (Å²) in [5, 5.41) is 3.14. The molecule has 7 heteroatoms. The van der Waals surface area contributed by atoms with Crippen LogP contribution < -0.4 is 5.32 Å². The second-order valence-corrected chi connectivity index (χ2v) is 8.54. The first-order valence-electron chi connectivity index (χ1n) is 5.64. The molecule has 0 aromatic carbocycles. The Hall–Kier alpha value is 0.270. The minimum Gasteiger partial charge on any atom is -0.372 e. The molecule has 102 valence electrons. The Morgan fingerprint density at radius 2 is 2.00 bits per heavy atom. The summed E-state index contributed by atoms with van der Waals surface area (Å²) in [5.41, 5.74) is 1.08. The maximum atomic E-state index is 4.72. The summed E-state index contributed by atoms with van der Waals surface area (Å²) in [5.74, 6) is 2.02. The van der Waals surface area contributed by atoms with Gasteiger partial charge >= 0.3 is 0 Å². The zero-order valence-electron chi connectivity index (χ0n) is 10.6. The Morgan fingerprint density at radius 1 is 1.32 bits per heavy atom. The molecule has 0 aliphatic heterocycles. The molecule has 0 saturated heterocycles. The van der Waals surface area contributed by atoms with E-state index in [1.807, 2.05) is 13.1 Å². The van der Waals surface area contributed by atoms with Crippen LogP contribution in [0.15, 0.2) is 14.3 Å². The fourth-order valence-electron chi connectivity index (χ4n) is 1.58. The second-order valence-electron chi connectivity index (χ2n) is 4.23. The van der Waals surface area contributed by atoms with Gasteiger partial charge in [0.05, 0.1) is 17.9 Å². The summed E-state index contributed by atoms with van der Waals surface area (Å²) in [7, 11) is 1.89. The molecule has 0 fully saturated rings. The first-order valence-corrected chi connectivity index (χ1v) is 9.12. The molecule has 2 aromatic heterocycles. The Kier molecular flexibility index (Phi) is 5.24. The summed E-state index contributed by atoms with van der Waals surface area (Å²) < 4.78 is 3.18. The molecular formula is C12H12Br2IN3S. The first kappa shape index (κ1) is 15.7. The lowest BCUT2D eigenvalue weighted by atomic mass is 10.1. The number of nitrogens with zero attached hydrogens (tertiary/aromatic N) is 2. The smallest absolute Gasteiger partial charge is 0.172 e. The largest absolute Gasteiger partial charge is 0.372 e. The molecule has 2 aromatic rings. The Labute approximate surface area is 147 Å². The van der Waals surface area contributed by atoms with Crippen LogP contribution in [0, 0.1) is 3.57 Å². The lowest BCUT2D eigenvalue weighted by Crippen LogP contribution is -2.06. The number of anilines is 1. The van der Waals surface area contributed by atoms with Crippen LogP contribution in [0.2, 0.25) is 0 Å². The monoisotopic (exact) mass is 515 g/mol. The highest BCUT2D eigenvalue weighted by atomic mass is 127. The predicted octanol–water partition coefficient (Wildman–Crippen LogP) is 5.50. The van der Waals surface area contributed by atoms with E-state index in [0.717, 1.165) is 34.0 Å². The van der Waals surface area contributed by atoms with Gasteiger partial charge in [0.1, 0.15) is 5.82 Å². The average Bonchev–Trinajstić information content (AvgIpc) is 2.69. The minimum absolute atomic E-state index is 0.368. The van der Waals surface area contributed by atoms with Crippen LogP contribution in [-0.4, -0.2) is 17.0 Å². The highest BCUT2D eigenvalue weighted by Crippen LogP contribution is 2.38. The lowest BCUT2D eigenvalue weighted by Gasteiger charge is -2.12. The highest BCUT2D eigenvalue weighted by Gasteiger charge is 2.17. The van der Waals surface area contributed by atoms with E-state index in [2.05, 4.69) is 78.6 Å².